The Balaban J connectivity index is 1.86. The highest BCUT2D eigenvalue weighted by atomic mass is 32.2. The van der Waals surface area contributed by atoms with Crippen molar-refractivity contribution < 1.29 is 4.79 Å². The maximum atomic E-state index is 13.0. The lowest BCUT2D eigenvalue weighted by Crippen LogP contribution is -2.30. The fourth-order valence-electron chi connectivity index (χ4n) is 3.62. The van der Waals surface area contributed by atoms with E-state index >= 15 is 0 Å². The van der Waals surface area contributed by atoms with Gasteiger partial charge in [0, 0.05) is 22.6 Å². The van der Waals surface area contributed by atoms with E-state index in [1.807, 2.05) is 35.2 Å². The molecule has 26 heavy (non-hydrogen) atoms. The molecule has 4 nitrogen and oxygen atoms in total. The minimum absolute atomic E-state index is 0.0375. The summed E-state index contributed by atoms with van der Waals surface area (Å²) in [7, 11) is 0. The van der Waals surface area contributed by atoms with Crippen molar-refractivity contribution in [3.8, 4) is 11.3 Å². The van der Waals surface area contributed by atoms with E-state index in [0.717, 1.165) is 35.3 Å². The molecule has 0 spiro atoms. The maximum Gasteiger partial charge on any atom is 0.273 e. The molecule has 0 fully saturated rings. The third kappa shape index (κ3) is 2.72. The number of nitrogens with zero attached hydrogens (tertiary/aromatic N) is 2. The Morgan fingerprint density at radius 1 is 1.12 bits per heavy atom. The van der Waals surface area contributed by atoms with Gasteiger partial charge < -0.3 is 4.90 Å². The molecule has 0 bridgehead atoms. The van der Waals surface area contributed by atoms with Gasteiger partial charge in [-0.25, -0.2) is 0 Å². The first kappa shape index (κ1) is 16.9. The van der Waals surface area contributed by atoms with Crippen molar-refractivity contribution in [3.63, 3.8) is 0 Å². The third-order valence-corrected chi connectivity index (χ3v) is 5.55. The zero-order valence-electron chi connectivity index (χ0n) is 14.9. The SMILES string of the molecule is CCCN1C(=O)c2[nH]nc(-c3ccccc3)c2C1c1ccc(SC)cc1. The van der Waals surface area contributed by atoms with E-state index in [2.05, 4.69) is 47.6 Å². The predicted octanol–water partition coefficient (Wildman–Crippen LogP) is 4.75. The summed E-state index contributed by atoms with van der Waals surface area (Å²) >= 11 is 1.72. The fraction of sp³-hybridized carbons (Fsp3) is 0.238. The number of hydrogen-bond donors (Lipinski definition) is 1. The fourth-order valence-corrected chi connectivity index (χ4v) is 4.03. The van der Waals surface area contributed by atoms with Crippen LogP contribution in [0.5, 0.6) is 0 Å². The van der Waals surface area contributed by atoms with Crippen LogP contribution in [0.15, 0.2) is 59.5 Å². The average Bonchev–Trinajstić information content (AvgIpc) is 3.23. The van der Waals surface area contributed by atoms with Gasteiger partial charge in [0.15, 0.2) is 0 Å². The van der Waals surface area contributed by atoms with Crippen LogP contribution in [-0.4, -0.2) is 33.8 Å². The molecule has 0 saturated carbocycles. The minimum atomic E-state index is -0.0951. The largest absolute Gasteiger partial charge is 0.326 e. The molecule has 5 heteroatoms. The van der Waals surface area contributed by atoms with Crippen LogP contribution < -0.4 is 0 Å². The monoisotopic (exact) mass is 363 g/mol. The van der Waals surface area contributed by atoms with E-state index in [9.17, 15) is 4.79 Å². The summed E-state index contributed by atoms with van der Waals surface area (Å²) in [5.41, 5.74) is 4.64. The van der Waals surface area contributed by atoms with Crippen molar-refractivity contribution >= 4 is 17.7 Å². The summed E-state index contributed by atoms with van der Waals surface area (Å²) in [6.45, 7) is 2.83. The molecular weight excluding hydrogens is 342 g/mol. The highest BCUT2D eigenvalue weighted by Gasteiger charge is 2.41. The van der Waals surface area contributed by atoms with Crippen LogP contribution in [0.25, 0.3) is 11.3 Å². The van der Waals surface area contributed by atoms with Gasteiger partial charge in [-0.1, -0.05) is 49.4 Å². The number of H-pyrrole nitrogens is 1. The van der Waals surface area contributed by atoms with E-state index in [1.165, 1.54) is 4.90 Å². The zero-order chi connectivity index (χ0) is 18.1. The Hall–Kier alpha value is -2.53. The summed E-state index contributed by atoms with van der Waals surface area (Å²) in [6.07, 6.45) is 2.99. The number of rotatable bonds is 5. The molecule has 2 aromatic carbocycles. The van der Waals surface area contributed by atoms with E-state index in [0.29, 0.717) is 5.69 Å². The zero-order valence-corrected chi connectivity index (χ0v) is 15.7. The topological polar surface area (TPSA) is 49.0 Å². The third-order valence-electron chi connectivity index (χ3n) is 4.81. The van der Waals surface area contributed by atoms with Gasteiger partial charge in [0.05, 0.1) is 11.7 Å². The number of fused-ring (bicyclic) bond motifs is 1. The van der Waals surface area contributed by atoms with Gasteiger partial charge >= 0.3 is 0 Å². The Labute approximate surface area is 157 Å². The minimum Gasteiger partial charge on any atom is -0.326 e. The Bertz CT molecular complexity index is 918. The predicted molar refractivity (Wildman–Crippen MR) is 105 cm³/mol. The maximum absolute atomic E-state index is 13.0. The normalized spacial score (nSPS) is 16.2. The van der Waals surface area contributed by atoms with Gasteiger partial charge in [-0.3, -0.25) is 9.89 Å². The molecule has 1 amide bonds. The number of nitrogens with one attached hydrogen (secondary N) is 1. The van der Waals surface area contributed by atoms with E-state index in [-0.39, 0.29) is 11.9 Å². The smallest absolute Gasteiger partial charge is 0.273 e. The van der Waals surface area contributed by atoms with Crippen molar-refractivity contribution in [2.24, 2.45) is 0 Å². The lowest BCUT2D eigenvalue weighted by molar-refractivity contribution is 0.0744. The number of amides is 1. The molecule has 4 rings (SSSR count). The van der Waals surface area contributed by atoms with Crippen molar-refractivity contribution in [2.75, 3.05) is 12.8 Å². The van der Waals surface area contributed by atoms with Crippen LogP contribution in [0.4, 0.5) is 0 Å². The first-order chi connectivity index (χ1) is 12.7. The molecule has 2 heterocycles. The summed E-state index contributed by atoms with van der Waals surface area (Å²) in [4.78, 5) is 16.2. The molecule has 1 unspecified atom stereocenters. The average molecular weight is 363 g/mol. The summed E-state index contributed by atoms with van der Waals surface area (Å²) in [6, 6.07) is 18.5. The standard InChI is InChI=1S/C21H21N3OS/c1-3-13-24-20(15-9-11-16(26-2)12-10-15)17-18(14-7-5-4-6-8-14)22-23-19(17)21(24)25/h4-12,20H,3,13H2,1-2H3,(H,22,23). The highest BCUT2D eigenvalue weighted by molar-refractivity contribution is 7.98. The van der Waals surface area contributed by atoms with Gasteiger partial charge in [0.2, 0.25) is 0 Å². The molecular formula is C21H21N3OS. The number of thioether (sulfide) groups is 1. The molecule has 132 valence electrons. The second-order valence-corrected chi connectivity index (χ2v) is 7.28. The number of carbonyl (C=O) groups excluding carboxylic acids is 1. The van der Waals surface area contributed by atoms with Gasteiger partial charge in [0.25, 0.3) is 5.91 Å². The highest BCUT2D eigenvalue weighted by Crippen LogP contribution is 2.42. The molecule has 0 aliphatic carbocycles. The molecule has 1 aromatic heterocycles. The van der Waals surface area contributed by atoms with Crippen LogP contribution in [0.1, 0.15) is 41.0 Å². The van der Waals surface area contributed by atoms with Gasteiger partial charge in [-0.05, 0) is 30.4 Å². The van der Waals surface area contributed by atoms with E-state index in [4.69, 9.17) is 0 Å². The number of aromatic amines is 1. The van der Waals surface area contributed by atoms with Gasteiger partial charge in [-0.15, -0.1) is 11.8 Å². The Morgan fingerprint density at radius 3 is 2.50 bits per heavy atom. The second-order valence-electron chi connectivity index (χ2n) is 6.40. The number of aromatic nitrogens is 2. The molecule has 0 saturated heterocycles. The molecule has 1 N–H and O–H groups in total. The van der Waals surface area contributed by atoms with Crippen molar-refractivity contribution in [1.82, 2.24) is 15.1 Å². The first-order valence-electron chi connectivity index (χ1n) is 8.83. The summed E-state index contributed by atoms with van der Waals surface area (Å²) in [5.74, 6) is 0.0375. The molecule has 1 aliphatic rings. The van der Waals surface area contributed by atoms with Gasteiger partial charge in [0.1, 0.15) is 5.69 Å². The second kappa shape index (κ2) is 7.00. The Morgan fingerprint density at radius 2 is 1.85 bits per heavy atom. The van der Waals surface area contributed by atoms with Crippen LogP contribution in [-0.2, 0) is 0 Å². The van der Waals surface area contributed by atoms with E-state index in [1.54, 1.807) is 11.8 Å². The Kier molecular flexibility index (Phi) is 4.55. The van der Waals surface area contributed by atoms with Crippen molar-refractivity contribution in [2.45, 2.75) is 24.3 Å². The van der Waals surface area contributed by atoms with Crippen molar-refractivity contribution in [3.05, 3.63) is 71.4 Å². The molecule has 1 atom stereocenters. The van der Waals surface area contributed by atoms with Gasteiger partial charge in [-0.2, -0.15) is 5.10 Å². The van der Waals surface area contributed by atoms with Crippen LogP contribution in [0.3, 0.4) is 0 Å². The number of carbonyl (C=O) groups is 1. The molecule has 3 aromatic rings. The van der Waals surface area contributed by atoms with Crippen molar-refractivity contribution in [1.29, 1.82) is 0 Å². The quantitative estimate of drug-likeness (QED) is 0.665. The summed E-state index contributed by atoms with van der Waals surface area (Å²) < 4.78 is 0. The number of hydrogen-bond acceptors (Lipinski definition) is 3. The van der Waals surface area contributed by atoms with Crippen LogP contribution in [0, 0.1) is 0 Å². The lowest BCUT2D eigenvalue weighted by Gasteiger charge is -2.26. The van der Waals surface area contributed by atoms with Crippen LogP contribution >= 0.6 is 11.8 Å². The number of benzene rings is 2. The summed E-state index contributed by atoms with van der Waals surface area (Å²) in [5, 5.41) is 7.49. The first-order valence-corrected chi connectivity index (χ1v) is 10.1. The van der Waals surface area contributed by atoms with E-state index < -0.39 is 0 Å². The lowest BCUT2D eigenvalue weighted by atomic mass is 9.96. The molecule has 0 radical (unpaired) electrons. The molecule has 1 aliphatic heterocycles. The van der Waals surface area contributed by atoms with Crippen LogP contribution in [0.2, 0.25) is 0 Å².